The molecule has 0 bridgehead atoms. The molecule has 0 atom stereocenters. The van der Waals surface area contributed by atoms with Gasteiger partial charge in [-0.3, -0.25) is 4.79 Å². The van der Waals surface area contributed by atoms with Gasteiger partial charge in [-0.05, 0) is 31.1 Å². The second-order valence-electron chi connectivity index (χ2n) is 3.71. The van der Waals surface area contributed by atoms with Crippen molar-refractivity contribution in [1.82, 2.24) is 10.3 Å². The van der Waals surface area contributed by atoms with Gasteiger partial charge in [-0.1, -0.05) is 0 Å². The molecule has 0 unspecified atom stereocenters. The average Bonchev–Trinajstić information content (AvgIpc) is 2.23. The Morgan fingerprint density at radius 1 is 1.67 bits per heavy atom. The van der Waals surface area contributed by atoms with Crippen molar-refractivity contribution < 1.29 is 9.53 Å². The van der Waals surface area contributed by atoms with Crippen LogP contribution >= 0.6 is 0 Å². The smallest absolute Gasteiger partial charge is 0.185 e. The fourth-order valence-electron chi connectivity index (χ4n) is 1.62. The maximum absolute atomic E-state index is 11.9. The minimum absolute atomic E-state index is 0.0685. The zero-order chi connectivity index (χ0) is 10.7. The third kappa shape index (κ3) is 2.15. The quantitative estimate of drug-likeness (QED) is 0.743. The Kier molecular flexibility index (Phi) is 2.97. The van der Waals surface area contributed by atoms with Gasteiger partial charge in [-0.15, -0.1) is 0 Å². The third-order valence-corrected chi connectivity index (χ3v) is 2.59. The molecular formula is C11H14N2O2. The van der Waals surface area contributed by atoms with E-state index in [9.17, 15) is 4.79 Å². The van der Waals surface area contributed by atoms with E-state index >= 15 is 0 Å². The van der Waals surface area contributed by atoms with Crippen LogP contribution in [0.3, 0.4) is 0 Å². The Bertz CT molecular complexity index is 361. The predicted molar refractivity (Wildman–Crippen MR) is 56.1 cm³/mol. The highest BCUT2D eigenvalue weighted by Crippen LogP contribution is 2.19. The van der Waals surface area contributed by atoms with Crippen LogP contribution in [0, 0.1) is 5.92 Å². The fourth-order valence-corrected chi connectivity index (χ4v) is 1.62. The van der Waals surface area contributed by atoms with Gasteiger partial charge >= 0.3 is 0 Å². The molecule has 1 N–H and O–H groups in total. The number of ether oxygens (including phenoxy) is 1. The van der Waals surface area contributed by atoms with Gasteiger partial charge in [0.1, 0.15) is 11.4 Å². The van der Waals surface area contributed by atoms with E-state index in [0.29, 0.717) is 23.8 Å². The number of rotatable bonds is 4. The third-order valence-electron chi connectivity index (χ3n) is 2.59. The zero-order valence-corrected chi connectivity index (χ0v) is 8.69. The molecule has 0 aliphatic carbocycles. The van der Waals surface area contributed by atoms with Crippen molar-refractivity contribution in [2.75, 3.05) is 20.2 Å². The molecule has 0 spiro atoms. The molecule has 0 radical (unpaired) electrons. The first-order chi connectivity index (χ1) is 7.31. The molecule has 0 amide bonds. The second-order valence-corrected chi connectivity index (χ2v) is 3.71. The largest absolute Gasteiger partial charge is 0.494 e. The molecule has 80 valence electrons. The van der Waals surface area contributed by atoms with Gasteiger partial charge in [0.15, 0.2) is 5.78 Å². The van der Waals surface area contributed by atoms with Crippen LogP contribution in [0.2, 0.25) is 0 Å². The fraction of sp³-hybridized carbons (Fsp3) is 0.455. The van der Waals surface area contributed by atoms with E-state index in [2.05, 4.69) is 10.3 Å². The standard InChI is InChI=1S/C11H14N2O2/c1-15-10-3-2-4-13-11(10)9(14)5-8-6-12-7-8/h2-4,8,12H,5-7H2,1H3. The molecule has 4 heteroatoms. The second kappa shape index (κ2) is 4.40. The summed E-state index contributed by atoms with van der Waals surface area (Å²) in [7, 11) is 1.55. The molecule has 1 aromatic rings. The van der Waals surface area contributed by atoms with Gasteiger partial charge < -0.3 is 10.1 Å². The van der Waals surface area contributed by atoms with Crippen molar-refractivity contribution in [1.29, 1.82) is 0 Å². The summed E-state index contributed by atoms with van der Waals surface area (Å²) in [6, 6.07) is 3.53. The SMILES string of the molecule is COc1cccnc1C(=O)CC1CNC1. The molecule has 2 heterocycles. The average molecular weight is 206 g/mol. The summed E-state index contributed by atoms with van der Waals surface area (Å²) < 4.78 is 5.10. The van der Waals surface area contributed by atoms with Gasteiger partial charge in [0.25, 0.3) is 0 Å². The molecule has 0 saturated carbocycles. The van der Waals surface area contributed by atoms with Crippen LogP contribution in [0.25, 0.3) is 0 Å². The molecular weight excluding hydrogens is 192 g/mol. The first-order valence-electron chi connectivity index (χ1n) is 5.04. The molecule has 1 saturated heterocycles. The lowest BCUT2D eigenvalue weighted by molar-refractivity contribution is 0.0937. The van der Waals surface area contributed by atoms with Crippen LogP contribution in [0.5, 0.6) is 5.75 Å². The van der Waals surface area contributed by atoms with E-state index < -0.39 is 0 Å². The lowest BCUT2D eigenvalue weighted by atomic mass is 9.95. The highest BCUT2D eigenvalue weighted by atomic mass is 16.5. The highest BCUT2D eigenvalue weighted by Gasteiger charge is 2.23. The summed E-state index contributed by atoms with van der Waals surface area (Å²) in [4.78, 5) is 15.9. The minimum atomic E-state index is 0.0685. The number of carbonyl (C=O) groups excluding carboxylic acids is 1. The maximum Gasteiger partial charge on any atom is 0.185 e. The Morgan fingerprint density at radius 3 is 3.07 bits per heavy atom. The lowest BCUT2D eigenvalue weighted by Crippen LogP contribution is -2.43. The van der Waals surface area contributed by atoms with Crippen molar-refractivity contribution in [3.63, 3.8) is 0 Å². The first kappa shape index (κ1) is 10.1. The molecule has 0 aromatic carbocycles. The van der Waals surface area contributed by atoms with Crippen LogP contribution in [0.1, 0.15) is 16.9 Å². The van der Waals surface area contributed by atoms with E-state index in [1.807, 2.05) is 0 Å². The van der Waals surface area contributed by atoms with Crippen molar-refractivity contribution in [2.45, 2.75) is 6.42 Å². The summed E-state index contributed by atoms with van der Waals surface area (Å²) in [5, 5.41) is 3.14. The Morgan fingerprint density at radius 2 is 2.47 bits per heavy atom. The Balaban J connectivity index is 2.09. The van der Waals surface area contributed by atoms with Crippen molar-refractivity contribution in [3.8, 4) is 5.75 Å². The molecule has 15 heavy (non-hydrogen) atoms. The van der Waals surface area contributed by atoms with E-state index in [0.717, 1.165) is 13.1 Å². The van der Waals surface area contributed by atoms with Gasteiger partial charge in [0.2, 0.25) is 0 Å². The number of nitrogens with zero attached hydrogens (tertiary/aromatic N) is 1. The topological polar surface area (TPSA) is 51.2 Å². The van der Waals surface area contributed by atoms with Crippen molar-refractivity contribution in [2.24, 2.45) is 5.92 Å². The molecule has 1 aliphatic rings. The predicted octanol–water partition coefficient (Wildman–Crippen LogP) is 0.882. The summed E-state index contributed by atoms with van der Waals surface area (Å²) in [6.45, 7) is 1.86. The normalized spacial score (nSPS) is 15.8. The van der Waals surface area contributed by atoms with Gasteiger partial charge in [0, 0.05) is 12.6 Å². The van der Waals surface area contributed by atoms with Crippen molar-refractivity contribution >= 4 is 5.78 Å². The van der Waals surface area contributed by atoms with E-state index in [4.69, 9.17) is 4.74 Å². The minimum Gasteiger partial charge on any atom is -0.494 e. The van der Waals surface area contributed by atoms with E-state index in [1.54, 1.807) is 25.4 Å². The van der Waals surface area contributed by atoms with Crippen LogP contribution < -0.4 is 10.1 Å². The number of nitrogens with one attached hydrogen (secondary N) is 1. The van der Waals surface area contributed by atoms with Gasteiger partial charge in [-0.2, -0.15) is 0 Å². The van der Waals surface area contributed by atoms with Crippen LogP contribution in [-0.4, -0.2) is 31.0 Å². The van der Waals surface area contributed by atoms with Gasteiger partial charge in [0.05, 0.1) is 7.11 Å². The highest BCUT2D eigenvalue weighted by molar-refractivity contribution is 5.96. The number of methoxy groups -OCH3 is 1. The molecule has 1 fully saturated rings. The summed E-state index contributed by atoms with van der Waals surface area (Å²) in [5.74, 6) is 1.10. The Hall–Kier alpha value is -1.42. The monoisotopic (exact) mass is 206 g/mol. The number of ketones is 1. The number of Topliss-reactive ketones (excluding diaryl/α,β-unsaturated/α-hetero) is 1. The maximum atomic E-state index is 11.9. The molecule has 4 nitrogen and oxygen atoms in total. The first-order valence-corrected chi connectivity index (χ1v) is 5.04. The lowest BCUT2D eigenvalue weighted by Gasteiger charge is -2.26. The van der Waals surface area contributed by atoms with E-state index in [-0.39, 0.29) is 5.78 Å². The number of hydrogen-bond acceptors (Lipinski definition) is 4. The number of carbonyl (C=O) groups is 1. The van der Waals surface area contributed by atoms with Crippen LogP contribution in [0.15, 0.2) is 18.3 Å². The summed E-state index contributed by atoms with van der Waals surface area (Å²) in [5.41, 5.74) is 0.451. The van der Waals surface area contributed by atoms with E-state index in [1.165, 1.54) is 0 Å². The van der Waals surface area contributed by atoms with Crippen molar-refractivity contribution in [3.05, 3.63) is 24.0 Å². The van der Waals surface area contributed by atoms with Crippen LogP contribution in [-0.2, 0) is 0 Å². The molecule has 1 aromatic heterocycles. The summed E-state index contributed by atoms with van der Waals surface area (Å²) in [6.07, 6.45) is 2.18. The summed E-state index contributed by atoms with van der Waals surface area (Å²) >= 11 is 0. The van der Waals surface area contributed by atoms with Gasteiger partial charge in [-0.25, -0.2) is 4.98 Å². The Labute approximate surface area is 88.7 Å². The number of pyridine rings is 1. The molecule has 2 rings (SSSR count). The molecule has 1 aliphatic heterocycles. The van der Waals surface area contributed by atoms with Crippen LogP contribution in [0.4, 0.5) is 0 Å². The zero-order valence-electron chi connectivity index (χ0n) is 8.69. The number of hydrogen-bond donors (Lipinski definition) is 1. The number of aromatic nitrogens is 1.